The molecule has 168 valence electrons. The number of hydrogen-bond acceptors (Lipinski definition) is 4. The van der Waals surface area contributed by atoms with Crippen molar-refractivity contribution in [3.05, 3.63) is 87.7 Å². The Morgan fingerprint density at radius 2 is 1.82 bits per heavy atom. The Kier molecular flexibility index (Phi) is 7.14. The highest BCUT2D eigenvalue weighted by atomic mass is 16.5. The number of carbonyl (C=O) groups is 2. The number of rotatable bonds is 6. The fourth-order valence-corrected chi connectivity index (χ4v) is 3.64. The molecule has 0 aliphatic rings. The number of benzene rings is 2. The summed E-state index contributed by atoms with van der Waals surface area (Å²) in [4.78, 5) is 24.9. The van der Waals surface area contributed by atoms with Crippen molar-refractivity contribution in [2.75, 3.05) is 11.9 Å². The number of nitrogens with zero attached hydrogens (tertiary/aromatic N) is 2. The summed E-state index contributed by atoms with van der Waals surface area (Å²) < 4.78 is 7.08. The monoisotopic (exact) mass is 441 g/mol. The molecule has 0 unspecified atom stereocenters. The minimum atomic E-state index is -0.463. The number of nitrogens with one attached hydrogen (secondary N) is 1. The van der Waals surface area contributed by atoms with Gasteiger partial charge in [0.15, 0.2) is 0 Å². The standard InChI is InChI=1S/C27H27N3O3/c1-6-33-27(32)21-8-7-9-25(15-21)30-19(4)13-22(20(30)5)14-23(16-28)26(31)29-24-11-10-17(2)18(3)12-24/h7-15H,6H2,1-5H3,(H,29,31)/b23-14-. The molecular formula is C27H27N3O3. The molecular weight excluding hydrogens is 414 g/mol. The third-order valence-corrected chi connectivity index (χ3v) is 5.52. The van der Waals surface area contributed by atoms with E-state index in [2.05, 4.69) is 5.32 Å². The van der Waals surface area contributed by atoms with Gasteiger partial charge in [-0.25, -0.2) is 4.79 Å². The van der Waals surface area contributed by atoms with Gasteiger partial charge in [-0.15, -0.1) is 0 Å². The Labute approximate surface area is 194 Å². The van der Waals surface area contributed by atoms with Crippen LogP contribution in [0.5, 0.6) is 0 Å². The summed E-state index contributed by atoms with van der Waals surface area (Å²) >= 11 is 0. The average molecular weight is 442 g/mol. The normalized spacial score (nSPS) is 11.1. The molecule has 0 aliphatic carbocycles. The molecule has 1 amide bonds. The SMILES string of the molecule is CCOC(=O)c1cccc(-n2c(C)cc(/C=C(/C#N)C(=O)Nc3ccc(C)c(C)c3)c2C)c1. The first-order valence-corrected chi connectivity index (χ1v) is 10.7. The van der Waals surface area contributed by atoms with E-state index >= 15 is 0 Å². The Bertz CT molecular complexity index is 1290. The van der Waals surface area contributed by atoms with Crippen LogP contribution >= 0.6 is 0 Å². The largest absolute Gasteiger partial charge is 0.462 e. The Balaban J connectivity index is 1.93. The van der Waals surface area contributed by atoms with Gasteiger partial charge < -0.3 is 14.6 Å². The van der Waals surface area contributed by atoms with Crippen molar-refractivity contribution in [3.63, 3.8) is 0 Å². The van der Waals surface area contributed by atoms with Crippen LogP contribution in [-0.4, -0.2) is 23.1 Å². The summed E-state index contributed by atoms with van der Waals surface area (Å²) in [6.07, 6.45) is 1.59. The highest BCUT2D eigenvalue weighted by molar-refractivity contribution is 6.09. The van der Waals surface area contributed by atoms with Crippen LogP contribution in [0.4, 0.5) is 5.69 Å². The zero-order chi connectivity index (χ0) is 24.1. The number of ether oxygens (including phenoxy) is 1. The van der Waals surface area contributed by atoms with E-state index < -0.39 is 5.91 Å². The summed E-state index contributed by atoms with van der Waals surface area (Å²) in [6, 6.07) is 16.7. The van der Waals surface area contributed by atoms with E-state index in [4.69, 9.17) is 4.74 Å². The van der Waals surface area contributed by atoms with Crippen LogP contribution in [0.2, 0.25) is 0 Å². The molecule has 1 heterocycles. The molecule has 3 aromatic rings. The molecule has 0 radical (unpaired) electrons. The number of anilines is 1. The summed E-state index contributed by atoms with van der Waals surface area (Å²) in [5, 5.41) is 12.4. The van der Waals surface area contributed by atoms with Crippen molar-refractivity contribution < 1.29 is 14.3 Å². The molecule has 0 spiro atoms. The predicted octanol–water partition coefficient (Wildman–Crippen LogP) is 5.43. The van der Waals surface area contributed by atoms with Gasteiger partial charge in [0, 0.05) is 22.8 Å². The number of aromatic nitrogens is 1. The van der Waals surface area contributed by atoms with Gasteiger partial charge in [0.1, 0.15) is 11.6 Å². The zero-order valence-corrected chi connectivity index (χ0v) is 19.5. The van der Waals surface area contributed by atoms with Crippen molar-refractivity contribution in [1.29, 1.82) is 5.26 Å². The second kappa shape index (κ2) is 10.0. The van der Waals surface area contributed by atoms with E-state index in [0.717, 1.165) is 33.8 Å². The van der Waals surface area contributed by atoms with E-state index in [1.165, 1.54) is 0 Å². The van der Waals surface area contributed by atoms with Gasteiger partial charge in [-0.2, -0.15) is 5.26 Å². The fraction of sp³-hybridized carbons (Fsp3) is 0.222. The van der Waals surface area contributed by atoms with Crippen LogP contribution in [0.15, 0.2) is 54.1 Å². The molecule has 0 bridgehead atoms. The van der Waals surface area contributed by atoms with E-state index in [9.17, 15) is 14.9 Å². The first-order chi connectivity index (χ1) is 15.7. The first kappa shape index (κ1) is 23.6. The number of esters is 1. The lowest BCUT2D eigenvalue weighted by atomic mass is 10.1. The minimum Gasteiger partial charge on any atom is -0.462 e. The molecule has 33 heavy (non-hydrogen) atoms. The number of carbonyl (C=O) groups excluding carboxylic acids is 2. The zero-order valence-electron chi connectivity index (χ0n) is 19.5. The average Bonchev–Trinajstić information content (AvgIpc) is 3.07. The molecule has 1 N–H and O–H groups in total. The molecule has 6 nitrogen and oxygen atoms in total. The molecule has 0 aliphatic heterocycles. The summed E-state index contributed by atoms with van der Waals surface area (Å²) in [5.41, 5.74) is 6.61. The van der Waals surface area contributed by atoms with Crippen molar-refractivity contribution in [3.8, 4) is 11.8 Å². The van der Waals surface area contributed by atoms with Crippen LogP contribution in [0.25, 0.3) is 11.8 Å². The van der Waals surface area contributed by atoms with Gasteiger partial charge in [-0.3, -0.25) is 4.79 Å². The maximum Gasteiger partial charge on any atom is 0.338 e. The maximum absolute atomic E-state index is 12.7. The Morgan fingerprint density at radius 3 is 2.48 bits per heavy atom. The second-order valence-electron chi connectivity index (χ2n) is 7.86. The second-order valence-corrected chi connectivity index (χ2v) is 7.86. The van der Waals surface area contributed by atoms with Crippen LogP contribution < -0.4 is 5.32 Å². The molecule has 0 saturated heterocycles. The van der Waals surface area contributed by atoms with Crippen LogP contribution in [0.1, 0.15) is 45.4 Å². The minimum absolute atomic E-state index is 0.00810. The van der Waals surface area contributed by atoms with Gasteiger partial charge in [-0.05, 0) is 93.8 Å². The van der Waals surface area contributed by atoms with Crippen molar-refractivity contribution in [2.45, 2.75) is 34.6 Å². The lowest BCUT2D eigenvalue weighted by Crippen LogP contribution is -2.13. The molecule has 3 rings (SSSR count). The summed E-state index contributed by atoms with van der Waals surface area (Å²) in [6.45, 7) is 9.89. The fourth-order valence-electron chi connectivity index (χ4n) is 3.64. The number of nitriles is 1. The van der Waals surface area contributed by atoms with Crippen molar-refractivity contribution >= 4 is 23.6 Å². The van der Waals surface area contributed by atoms with Gasteiger partial charge in [0.2, 0.25) is 0 Å². The molecule has 6 heteroatoms. The molecule has 0 fully saturated rings. The highest BCUT2D eigenvalue weighted by Gasteiger charge is 2.15. The van der Waals surface area contributed by atoms with E-state index in [1.54, 1.807) is 31.2 Å². The number of hydrogen-bond donors (Lipinski definition) is 1. The smallest absolute Gasteiger partial charge is 0.338 e. The number of aryl methyl sites for hydroxylation is 3. The predicted molar refractivity (Wildman–Crippen MR) is 129 cm³/mol. The van der Waals surface area contributed by atoms with E-state index in [0.29, 0.717) is 17.9 Å². The summed E-state index contributed by atoms with van der Waals surface area (Å²) in [7, 11) is 0. The molecule has 0 saturated carbocycles. The lowest BCUT2D eigenvalue weighted by Gasteiger charge is -2.11. The van der Waals surface area contributed by atoms with Gasteiger partial charge in [-0.1, -0.05) is 12.1 Å². The number of amides is 1. The van der Waals surface area contributed by atoms with Crippen molar-refractivity contribution in [1.82, 2.24) is 4.57 Å². The Morgan fingerprint density at radius 1 is 1.06 bits per heavy atom. The van der Waals surface area contributed by atoms with Crippen LogP contribution in [0.3, 0.4) is 0 Å². The third kappa shape index (κ3) is 5.21. The van der Waals surface area contributed by atoms with Gasteiger partial charge in [0.05, 0.1) is 12.2 Å². The third-order valence-electron chi connectivity index (χ3n) is 5.52. The molecule has 1 aromatic heterocycles. The van der Waals surface area contributed by atoms with Crippen molar-refractivity contribution in [2.24, 2.45) is 0 Å². The quantitative estimate of drug-likeness (QED) is 0.314. The Hall–Kier alpha value is -4.11. The van der Waals surface area contributed by atoms with E-state index in [1.807, 2.05) is 68.7 Å². The lowest BCUT2D eigenvalue weighted by molar-refractivity contribution is -0.112. The van der Waals surface area contributed by atoms with Gasteiger partial charge in [0.25, 0.3) is 5.91 Å². The summed E-state index contributed by atoms with van der Waals surface area (Å²) in [5.74, 6) is -0.841. The molecule has 0 atom stereocenters. The van der Waals surface area contributed by atoms with Gasteiger partial charge >= 0.3 is 5.97 Å². The maximum atomic E-state index is 12.7. The molecule has 2 aromatic carbocycles. The van der Waals surface area contributed by atoms with Crippen LogP contribution in [-0.2, 0) is 9.53 Å². The van der Waals surface area contributed by atoms with E-state index in [-0.39, 0.29) is 11.5 Å². The first-order valence-electron chi connectivity index (χ1n) is 10.7. The highest BCUT2D eigenvalue weighted by Crippen LogP contribution is 2.24. The van der Waals surface area contributed by atoms with Crippen LogP contribution in [0, 0.1) is 39.0 Å². The topological polar surface area (TPSA) is 84.1 Å².